The van der Waals surface area contributed by atoms with Gasteiger partial charge in [0, 0.05) is 24.3 Å². The number of hydrogen-bond acceptors (Lipinski definition) is 4. The van der Waals surface area contributed by atoms with E-state index in [0.29, 0.717) is 5.69 Å². The number of aromatic carboxylic acids is 1. The zero-order valence-corrected chi connectivity index (χ0v) is 10.7. The van der Waals surface area contributed by atoms with Crippen molar-refractivity contribution in [1.29, 1.82) is 0 Å². The van der Waals surface area contributed by atoms with Crippen LogP contribution in [-0.4, -0.2) is 29.5 Å². The summed E-state index contributed by atoms with van der Waals surface area (Å²) in [6, 6.07) is 2.85. The quantitative estimate of drug-likeness (QED) is 0.780. The molecule has 0 saturated carbocycles. The van der Waals surface area contributed by atoms with Crippen LogP contribution in [0.5, 0.6) is 0 Å². The van der Waals surface area contributed by atoms with Crippen molar-refractivity contribution < 1.29 is 18.3 Å². The minimum atomic E-state index is -3.85. The van der Waals surface area contributed by atoms with Crippen LogP contribution in [0.15, 0.2) is 35.6 Å². The molecule has 0 amide bonds. The SMILES string of the molecule is Cc1[nH]cc(NS(=O)(=O)c2cccnc2)c1C(=O)O. The molecule has 2 heterocycles. The van der Waals surface area contributed by atoms with Crippen molar-refractivity contribution in [3.05, 3.63) is 42.0 Å². The lowest BCUT2D eigenvalue weighted by atomic mass is 10.2. The fourth-order valence-corrected chi connectivity index (χ4v) is 2.62. The van der Waals surface area contributed by atoms with Crippen LogP contribution in [0.2, 0.25) is 0 Å². The first kappa shape index (κ1) is 13.1. The molecule has 0 bridgehead atoms. The average molecular weight is 281 g/mol. The van der Waals surface area contributed by atoms with Gasteiger partial charge >= 0.3 is 5.97 Å². The summed E-state index contributed by atoms with van der Waals surface area (Å²) in [5.41, 5.74) is 0.262. The van der Waals surface area contributed by atoms with Gasteiger partial charge in [0.1, 0.15) is 10.5 Å². The summed E-state index contributed by atoms with van der Waals surface area (Å²) in [6.45, 7) is 1.55. The minimum Gasteiger partial charge on any atom is -0.478 e. The second-order valence-corrected chi connectivity index (χ2v) is 5.48. The third-order valence-electron chi connectivity index (χ3n) is 2.48. The molecule has 100 valence electrons. The highest BCUT2D eigenvalue weighted by molar-refractivity contribution is 7.92. The van der Waals surface area contributed by atoms with E-state index in [1.807, 2.05) is 0 Å². The summed E-state index contributed by atoms with van der Waals surface area (Å²) in [5.74, 6) is -1.21. The molecule has 0 atom stereocenters. The van der Waals surface area contributed by atoms with Crippen LogP contribution < -0.4 is 4.72 Å². The Morgan fingerprint density at radius 1 is 1.47 bits per heavy atom. The number of hydrogen-bond donors (Lipinski definition) is 3. The van der Waals surface area contributed by atoms with Gasteiger partial charge < -0.3 is 10.1 Å². The van der Waals surface area contributed by atoms with Crippen molar-refractivity contribution >= 4 is 21.7 Å². The maximum Gasteiger partial charge on any atom is 0.339 e. The fraction of sp³-hybridized carbons (Fsp3) is 0.0909. The van der Waals surface area contributed by atoms with Crippen molar-refractivity contribution in [2.45, 2.75) is 11.8 Å². The van der Waals surface area contributed by atoms with Gasteiger partial charge in [0.2, 0.25) is 0 Å². The second-order valence-electron chi connectivity index (χ2n) is 3.80. The normalized spacial score (nSPS) is 11.2. The van der Waals surface area contributed by atoms with Crippen molar-refractivity contribution in [3.63, 3.8) is 0 Å². The summed E-state index contributed by atoms with van der Waals surface area (Å²) in [5, 5.41) is 9.04. The number of rotatable bonds is 4. The highest BCUT2D eigenvalue weighted by Gasteiger charge is 2.21. The summed E-state index contributed by atoms with van der Waals surface area (Å²) >= 11 is 0. The van der Waals surface area contributed by atoms with Crippen LogP contribution in [0.3, 0.4) is 0 Å². The van der Waals surface area contributed by atoms with E-state index in [-0.39, 0.29) is 16.1 Å². The summed E-state index contributed by atoms with van der Waals surface area (Å²) in [6.07, 6.45) is 3.93. The number of pyridine rings is 1. The number of sulfonamides is 1. The molecule has 8 heteroatoms. The van der Waals surface area contributed by atoms with E-state index >= 15 is 0 Å². The first-order chi connectivity index (χ1) is 8.92. The summed E-state index contributed by atoms with van der Waals surface area (Å²) in [7, 11) is -3.85. The third kappa shape index (κ3) is 2.58. The molecule has 0 saturated heterocycles. The maximum absolute atomic E-state index is 12.0. The number of carboxylic acids is 1. The van der Waals surface area contributed by atoms with Gasteiger partial charge in [-0.05, 0) is 19.1 Å². The zero-order chi connectivity index (χ0) is 14.0. The van der Waals surface area contributed by atoms with E-state index < -0.39 is 16.0 Å². The fourth-order valence-electron chi connectivity index (χ4n) is 1.59. The van der Waals surface area contributed by atoms with E-state index in [9.17, 15) is 13.2 Å². The Morgan fingerprint density at radius 2 is 2.21 bits per heavy atom. The number of nitrogens with one attached hydrogen (secondary N) is 2. The molecule has 2 aromatic heterocycles. The van der Waals surface area contributed by atoms with Gasteiger partial charge in [-0.15, -0.1) is 0 Å². The molecule has 3 N–H and O–H groups in total. The topological polar surface area (TPSA) is 112 Å². The molecule has 0 aliphatic heterocycles. The number of aryl methyl sites for hydroxylation is 1. The van der Waals surface area contributed by atoms with Gasteiger partial charge in [-0.2, -0.15) is 0 Å². The highest BCUT2D eigenvalue weighted by atomic mass is 32.2. The van der Waals surface area contributed by atoms with E-state index in [1.54, 1.807) is 6.92 Å². The van der Waals surface area contributed by atoms with E-state index in [1.165, 1.54) is 30.7 Å². The lowest BCUT2D eigenvalue weighted by Gasteiger charge is -2.07. The standard InChI is InChI=1S/C11H11N3O4S/c1-7-10(11(15)16)9(6-13-7)14-19(17,18)8-3-2-4-12-5-8/h2-6,13-14H,1H3,(H,15,16). The zero-order valence-electron chi connectivity index (χ0n) is 9.91. The Labute approximate surface area is 109 Å². The molecule has 0 aliphatic rings. The first-order valence-electron chi connectivity index (χ1n) is 5.26. The summed E-state index contributed by atoms with van der Waals surface area (Å²) in [4.78, 5) is 17.4. The van der Waals surface area contributed by atoms with Crippen LogP contribution in [0.1, 0.15) is 16.1 Å². The Hall–Kier alpha value is -2.35. The lowest BCUT2D eigenvalue weighted by Crippen LogP contribution is -2.15. The van der Waals surface area contributed by atoms with Crippen molar-refractivity contribution in [2.24, 2.45) is 0 Å². The molecule has 7 nitrogen and oxygen atoms in total. The lowest BCUT2D eigenvalue weighted by molar-refractivity contribution is 0.0697. The smallest absolute Gasteiger partial charge is 0.339 e. The van der Waals surface area contributed by atoms with Crippen LogP contribution in [0.4, 0.5) is 5.69 Å². The largest absolute Gasteiger partial charge is 0.478 e. The Morgan fingerprint density at radius 3 is 2.79 bits per heavy atom. The molecular formula is C11H11N3O4S. The van der Waals surface area contributed by atoms with Crippen LogP contribution >= 0.6 is 0 Å². The third-order valence-corrected chi connectivity index (χ3v) is 3.83. The highest BCUT2D eigenvalue weighted by Crippen LogP contribution is 2.22. The predicted octanol–water partition coefficient (Wildman–Crippen LogP) is 1.22. The number of H-pyrrole nitrogens is 1. The summed E-state index contributed by atoms with van der Waals surface area (Å²) < 4.78 is 26.3. The van der Waals surface area contributed by atoms with E-state index in [2.05, 4.69) is 14.7 Å². The van der Waals surface area contributed by atoms with Gasteiger partial charge in [-0.3, -0.25) is 9.71 Å². The minimum absolute atomic E-state index is 0.00569. The Kier molecular flexibility index (Phi) is 3.26. The molecule has 19 heavy (non-hydrogen) atoms. The van der Waals surface area contributed by atoms with Crippen molar-refractivity contribution in [1.82, 2.24) is 9.97 Å². The number of aromatic amines is 1. The monoisotopic (exact) mass is 281 g/mol. The molecule has 2 aromatic rings. The molecule has 0 aromatic carbocycles. The number of anilines is 1. The molecule has 0 unspecified atom stereocenters. The number of carboxylic acid groups (broad SMARTS) is 1. The molecule has 0 aliphatic carbocycles. The van der Waals surface area contributed by atoms with Gasteiger partial charge in [0.15, 0.2) is 0 Å². The molecule has 0 fully saturated rings. The van der Waals surface area contributed by atoms with E-state index in [0.717, 1.165) is 0 Å². The van der Waals surface area contributed by atoms with Crippen molar-refractivity contribution in [2.75, 3.05) is 4.72 Å². The van der Waals surface area contributed by atoms with Gasteiger partial charge in [0.05, 0.1) is 5.69 Å². The predicted molar refractivity (Wildman–Crippen MR) is 67.5 cm³/mol. The molecular weight excluding hydrogens is 270 g/mol. The first-order valence-corrected chi connectivity index (χ1v) is 6.74. The van der Waals surface area contributed by atoms with Gasteiger partial charge in [0.25, 0.3) is 10.0 Å². The molecule has 0 radical (unpaired) electrons. The van der Waals surface area contributed by atoms with Crippen molar-refractivity contribution in [3.8, 4) is 0 Å². The van der Waals surface area contributed by atoms with Crippen LogP contribution in [-0.2, 0) is 10.0 Å². The second kappa shape index (κ2) is 4.73. The Bertz CT molecular complexity index is 707. The van der Waals surface area contributed by atoms with Gasteiger partial charge in [-0.1, -0.05) is 0 Å². The van der Waals surface area contributed by atoms with E-state index in [4.69, 9.17) is 5.11 Å². The number of carbonyl (C=O) groups is 1. The average Bonchev–Trinajstić information content (AvgIpc) is 2.71. The maximum atomic E-state index is 12.0. The molecule has 0 spiro atoms. The van der Waals surface area contributed by atoms with Crippen LogP contribution in [0.25, 0.3) is 0 Å². The van der Waals surface area contributed by atoms with Crippen LogP contribution in [0, 0.1) is 6.92 Å². The molecule has 2 rings (SSSR count). The number of nitrogens with zero attached hydrogens (tertiary/aromatic N) is 1. The van der Waals surface area contributed by atoms with Gasteiger partial charge in [-0.25, -0.2) is 13.2 Å². The Balaban J connectivity index is 2.40. The number of aromatic nitrogens is 2.